The Labute approximate surface area is 127 Å². The van der Waals surface area contributed by atoms with Crippen LogP contribution in [0, 0.1) is 6.92 Å². The summed E-state index contributed by atoms with van der Waals surface area (Å²) in [5, 5.41) is 3.32. The summed E-state index contributed by atoms with van der Waals surface area (Å²) in [6.07, 6.45) is 1.82. The molecule has 0 atom stereocenters. The van der Waals surface area contributed by atoms with Gasteiger partial charge in [-0.1, -0.05) is 18.5 Å². The van der Waals surface area contributed by atoms with Crippen LogP contribution in [0.1, 0.15) is 29.6 Å². The Morgan fingerprint density at radius 1 is 1.30 bits per heavy atom. The molecule has 7 heteroatoms. The van der Waals surface area contributed by atoms with Gasteiger partial charge in [0.05, 0.1) is 10.9 Å². The lowest BCUT2D eigenvalue weighted by Crippen LogP contribution is -2.14. The average Bonchev–Trinajstić information content (AvgIpc) is 2.85. The lowest BCUT2D eigenvalue weighted by atomic mass is 10.2. The van der Waals surface area contributed by atoms with Gasteiger partial charge in [0.25, 0.3) is 0 Å². The molecule has 0 saturated heterocycles. The Morgan fingerprint density at radius 3 is 2.65 bits per heavy atom. The van der Waals surface area contributed by atoms with Gasteiger partial charge >= 0.3 is 0 Å². The van der Waals surface area contributed by atoms with Crippen LogP contribution in [-0.4, -0.2) is 9.97 Å². The fraction of sp³-hybridized carbons (Fsp3) is 0.385. The van der Waals surface area contributed by atoms with Crippen molar-refractivity contribution >= 4 is 34.6 Å². The fourth-order valence-corrected chi connectivity index (χ4v) is 2.86. The quantitative estimate of drug-likeness (QED) is 0.563. The van der Waals surface area contributed by atoms with Crippen LogP contribution in [0.15, 0.2) is 12.1 Å². The Hall–Kier alpha value is -1.37. The highest BCUT2D eigenvalue weighted by Gasteiger charge is 2.10. The van der Waals surface area contributed by atoms with Gasteiger partial charge in [-0.15, -0.1) is 11.3 Å². The SMILES string of the molecule is CCCc1nc(NN)c(C)c(NCc2ccc(Cl)s2)n1. The largest absolute Gasteiger partial charge is 0.365 e. The van der Waals surface area contributed by atoms with Gasteiger partial charge < -0.3 is 10.7 Å². The molecule has 0 aliphatic rings. The first-order chi connectivity index (χ1) is 9.63. The maximum absolute atomic E-state index is 5.93. The molecule has 0 aromatic carbocycles. The highest BCUT2D eigenvalue weighted by Crippen LogP contribution is 2.24. The van der Waals surface area contributed by atoms with Crippen molar-refractivity contribution in [2.75, 3.05) is 10.7 Å². The van der Waals surface area contributed by atoms with E-state index in [1.807, 2.05) is 19.1 Å². The first-order valence-electron chi connectivity index (χ1n) is 6.46. The zero-order chi connectivity index (χ0) is 14.5. The fourth-order valence-electron chi connectivity index (χ4n) is 1.83. The van der Waals surface area contributed by atoms with Gasteiger partial charge in [0, 0.05) is 16.9 Å². The predicted molar refractivity (Wildman–Crippen MR) is 85.2 cm³/mol. The van der Waals surface area contributed by atoms with Crippen molar-refractivity contribution in [3.8, 4) is 0 Å². The third kappa shape index (κ3) is 3.59. The molecule has 0 aliphatic heterocycles. The highest BCUT2D eigenvalue weighted by molar-refractivity contribution is 7.16. The topological polar surface area (TPSA) is 75.9 Å². The van der Waals surface area contributed by atoms with Crippen molar-refractivity contribution in [1.82, 2.24) is 9.97 Å². The van der Waals surface area contributed by atoms with E-state index in [4.69, 9.17) is 17.4 Å². The molecule has 0 unspecified atom stereocenters. The summed E-state index contributed by atoms with van der Waals surface area (Å²) in [5.41, 5.74) is 3.54. The van der Waals surface area contributed by atoms with Crippen molar-refractivity contribution in [1.29, 1.82) is 0 Å². The summed E-state index contributed by atoms with van der Waals surface area (Å²) in [7, 11) is 0. The van der Waals surface area contributed by atoms with Gasteiger partial charge in [0.1, 0.15) is 17.5 Å². The van der Waals surface area contributed by atoms with E-state index < -0.39 is 0 Å². The first-order valence-corrected chi connectivity index (χ1v) is 7.65. The van der Waals surface area contributed by atoms with Crippen molar-refractivity contribution in [2.45, 2.75) is 33.2 Å². The number of nitrogens with zero attached hydrogens (tertiary/aromatic N) is 2. The predicted octanol–water partition coefficient (Wildman–Crippen LogP) is 3.35. The molecule has 2 rings (SSSR count). The van der Waals surface area contributed by atoms with Crippen molar-refractivity contribution < 1.29 is 0 Å². The summed E-state index contributed by atoms with van der Waals surface area (Å²) in [6.45, 7) is 4.72. The first kappa shape index (κ1) is 15.0. The van der Waals surface area contributed by atoms with Crippen LogP contribution < -0.4 is 16.6 Å². The lowest BCUT2D eigenvalue weighted by Gasteiger charge is -2.13. The summed E-state index contributed by atoms with van der Waals surface area (Å²) < 4.78 is 0.789. The Morgan fingerprint density at radius 2 is 2.05 bits per heavy atom. The molecule has 2 aromatic heterocycles. The minimum absolute atomic E-state index is 0.662. The van der Waals surface area contributed by atoms with Crippen LogP contribution in [-0.2, 0) is 13.0 Å². The number of hydrogen-bond donors (Lipinski definition) is 3. The molecule has 4 N–H and O–H groups in total. The van der Waals surface area contributed by atoms with E-state index in [0.29, 0.717) is 12.4 Å². The number of rotatable bonds is 6. The zero-order valence-electron chi connectivity index (χ0n) is 11.5. The molecule has 0 aliphatic carbocycles. The van der Waals surface area contributed by atoms with Crippen molar-refractivity contribution in [3.63, 3.8) is 0 Å². The third-order valence-corrected chi connectivity index (χ3v) is 4.09. The van der Waals surface area contributed by atoms with Crippen LogP contribution >= 0.6 is 22.9 Å². The van der Waals surface area contributed by atoms with E-state index >= 15 is 0 Å². The standard InChI is InChI=1S/C13H18ClN5S/c1-3-4-11-17-12(8(2)13(18-11)19-15)16-7-9-5-6-10(14)20-9/h5-6H,3-4,7,15H2,1-2H3,(H2,16,17,18,19). The molecule has 0 fully saturated rings. The van der Waals surface area contributed by atoms with E-state index in [1.165, 1.54) is 0 Å². The van der Waals surface area contributed by atoms with Crippen molar-refractivity contribution in [2.24, 2.45) is 5.84 Å². The third-order valence-electron chi connectivity index (χ3n) is 2.86. The smallest absolute Gasteiger partial charge is 0.148 e. The van der Waals surface area contributed by atoms with Crippen LogP contribution in [0.3, 0.4) is 0 Å². The second kappa shape index (κ2) is 6.88. The molecule has 0 bridgehead atoms. The molecular weight excluding hydrogens is 294 g/mol. The Balaban J connectivity index is 2.18. The second-order valence-corrected chi connectivity index (χ2v) is 6.22. The summed E-state index contributed by atoms with van der Waals surface area (Å²) >= 11 is 7.48. The average molecular weight is 312 g/mol. The number of aromatic nitrogens is 2. The van der Waals surface area contributed by atoms with Gasteiger partial charge in [-0.05, 0) is 25.5 Å². The van der Waals surface area contributed by atoms with Crippen molar-refractivity contribution in [3.05, 3.63) is 32.7 Å². The Kier molecular flexibility index (Phi) is 5.17. The summed E-state index contributed by atoms with van der Waals surface area (Å²) in [6, 6.07) is 3.90. The molecule has 20 heavy (non-hydrogen) atoms. The number of nitrogens with two attached hydrogens (primary N) is 1. The number of aryl methyl sites for hydroxylation is 1. The van der Waals surface area contributed by atoms with E-state index in [0.717, 1.165) is 39.3 Å². The van der Waals surface area contributed by atoms with E-state index in [1.54, 1.807) is 11.3 Å². The molecular formula is C13H18ClN5S. The Bertz CT molecular complexity index is 584. The number of nitrogen functional groups attached to an aromatic ring is 1. The monoisotopic (exact) mass is 311 g/mol. The van der Waals surface area contributed by atoms with E-state index in [9.17, 15) is 0 Å². The molecule has 0 amide bonds. The molecule has 2 heterocycles. The number of halogens is 1. The van der Waals surface area contributed by atoms with E-state index in [-0.39, 0.29) is 0 Å². The van der Waals surface area contributed by atoms with Crippen LogP contribution in [0.5, 0.6) is 0 Å². The minimum atomic E-state index is 0.662. The molecule has 0 spiro atoms. The number of hydrogen-bond acceptors (Lipinski definition) is 6. The van der Waals surface area contributed by atoms with Gasteiger partial charge in [0.2, 0.25) is 0 Å². The maximum Gasteiger partial charge on any atom is 0.148 e. The molecule has 5 nitrogen and oxygen atoms in total. The molecule has 0 saturated carbocycles. The van der Waals surface area contributed by atoms with Gasteiger partial charge in [-0.25, -0.2) is 15.8 Å². The van der Waals surface area contributed by atoms with Crippen LogP contribution in [0.4, 0.5) is 11.6 Å². The highest BCUT2D eigenvalue weighted by atomic mass is 35.5. The van der Waals surface area contributed by atoms with Gasteiger partial charge in [-0.3, -0.25) is 0 Å². The number of anilines is 2. The molecule has 0 radical (unpaired) electrons. The van der Waals surface area contributed by atoms with Gasteiger partial charge in [-0.2, -0.15) is 0 Å². The normalized spacial score (nSPS) is 10.6. The number of nitrogens with one attached hydrogen (secondary N) is 2. The van der Waals surface area contributed by atoms with Gasteiger partial charge in [0.15, 0.2) is 0 Å². The number of hydrazine groups is 1. The minimum Gasteiger partial charge on any atom is -0.365 e. The van der Waals surface area contributed by atoms with E-state index in [2.05, 4.69) is 27.6 Å². The summed E-state index contributed by atoms with van der Waals surface area (Å²) in [5.74, 6) is 7.77. The van der Waals surface area contributed by atoms with Crippen LogP contribution in [0.25, 0.3) is 0 Å². The second-order valence-electron chi connectivity index (χ2n) is 4.42. The summed E-state index contributed by atoms with van der Waals surface area (Å²) in [4.78, 5) is 10.1. The molecule has 108 valence electrons. The number of thiophene rings is 1. The maximum atomic E-state index is 5.93. The lowest BCUT2D eigenvalue weighted by molar-refractivity contribution is 0.830. The van der Waals surface area contributed by atoms with Crippen LogP contribution in [0.2, 0.25) is 4.34 Å². The molecule has 2 aromatic rings. The zero-order valence-corrected chi connectivity index (χ0v) is 13.1.